The molecular formula is C31H60NO8P. The van der Waals surface area contributed by atoms with Crippen LogP contribution in [0.15, 0.2) is 0 Å². The molecule has 2 atom stereocenters. The van der Waals surface area contributed by atoms with Crippen molar-refractivity contribution in [2.75, 3.05) is 39.5 Å². The van der Waals surface area contributed by atoms with Crippen molar-refractivity contribution in [2.45, 2.75) is 149 Å². The number of Topliss-reactive ketones (excluding diaryl/α,β-unsaturated/α-hetero) is 1. The number of likely N-dealkylation sites (tertiary alicyclic amines) is 1. The molecule has 242 valence electrons. The lowest BCUT2D eigenvalue weighted by Crippen LogP contribution is -2.25. The predicted octanol–water partition coefficient (Wildman–Crippen LogP) is 7.73. The molecule has 0 saturated carbocycles. The molecule has 41 heavy (non-hydrogen) atoms. The van der Waals surface area contributed by atoms with E-state index in [-0.39, 0.29) is 31.8 Å². The van der Waals surface area contributed by atoms with Crippen molar-refractivity contribution in [3.63, 3.8) is 0 Å². The Labute approximate surface area is 250 Å². The number of ether oxygens (including phenoxy) is 2. The Kier molecular flexibility index (Phi) is 23.9. The summed E-state index contributed by atoms with van der Waals surface area (Å²) in [7, 11) is -4.20. The van der Waals surface area contributed by atoms with Crippen molar-refractivity contribution in [3.05, 3.63) is 0 Å². The summed E-state index contributed by atoms with van der Waals surface area (Å²) in [4.78, 5) is 35.3. The normalized spacial score (nSPS) is 16.1. The lowest BCUT2D eigenvalue weighted by atomic mass is 10.0. The zero-order chi connectivity index (χ0) is 30.0. The Hall–Kier alpha value is -0.830. The third-order valence-corrected chi connectivity index (χ3v) is 8.44. The number of rotatable bonds is 29. The van der Waals surface area contributed by atoms with E-state index in [1.165, 1.54) is 90.4 Å². The van der Waals surface area contributed by atoms with Crippen molar-refractivity contribution in [1.29, 1.82) is 0 Å². The molecule has 0 aliphatic carbocycles. The molecule has 0 aromatic heterocycles. The van der Waals surface area contributed by atoms with Gasteiger partial charge in [0.15, 0.2) is 0 Å². The Morgan fingerprint density at radius 2 is 1.24 bits per heavy atom. The summed E-state index contributed by atoms with van der Waals surface area (Å²) in [6.45, 7) is 6.46. The van der Waals surface area contributed by atoms with E-state index in [9.17, 15) is 19.0 Å². The first-order valence-electron chi connectivity index (χ1n) is 16.5. The summed E-state index contributed by atoms with van der Waals surface area (Å²) in [5, 5.41) is 0. The molecule has 0 amide bonds. The van der Waals surface area contributed by atoms with E-state index in [1.54, 1.807) is 0 Å². The number of esters is 1. The van der Waals surface area contributed by atoms with Gasteiger partial charge in [-0.05, 0) is 39.3 Å². The van der Waals surface area contributed by atoms with Crippen LogP contribution in [-0.2, 0) is 32.7 Å². The van der Waals surface area contributed by atoms with Gasteiger partial charge in [0, 0.05) is 13.0 Å². The van der Waals surface area contributed by atoms with Crippen LogP contribution in [0.2, 0.25) is 0 Å². The number of phosphoric acid groups is 1. The smallest absolute Gasteiger partial charge is 0.435 e. The first-order valence-corrected chi connectivity index (χ1v) is 18.0. The van der Waals surface area contributed by atoms with Crippen molar-refractivity contribution in [2.24, 2.45) is 0 Å². The molecule has 1 aliphatic rings. The second-order valence-electron chi connectivity index (χ2n) is 11.4. The van der Waals surface area contributed by atoms with Gasteiger partial charge in [-0.3, -0.25) is 18.6 Å². The molecule has 1 aliphatic heterocycles. The van der Waals surface area contributed by atoms with E-state index in [0.717, 1.165) is 45.2 Å². The number of hydrogen-bond donors (Lipinski definition) is 1. The summed E-state index contributed by atoms with van der Waals surface area (Å²) < 4.78 is 33.3. The molecular weight excluding hydrogens is 545 g/mol. The summed E-state index contributed by atoms with van der Waals surface area (Å²) in [5.74, 6) is -0.974. The Morgan fingerprint density at radius 3 is 1.76 bits per heavy atom. The average molecular weight is 606 g/mol. The lowest BCUT2D eigenvalue weighted by molar-refractivity contribution is -0.181. The molecule has 0 aromatic carbocycles. The first kappa shape index (κ1) is 38.2. The number of nitrogens with zero attached hydrogens (tertiary/aromatic N) is 1. The second kappa shape index (κ2) is 25.6. The highest BCUT2D eigenvalue weighted by molar-refractivity contribution is 7.47. The highest BCUT2D eigenvalue weighted by atomic mass is 31.2. The van der Waals surface area contributed by atoms with Gasteiger partial charge in [0.1, 0.15) is 12.2 Å². The van der Waals surface area contributed by atoms with E-state index in [4.69, 9.17) is 18.5 Å². The number of ketones is 1. The van der Waals surface area contributed by atoms with Crippen molar-refractivity contribution in [3.8, 4) is 0 Å². The number of phosphoric ester groups is 1. The molecule has 0 spiro atoms. The summed E-state index contributed by atoms with van der Waals surface area (Å²) in [5.41, 5.74) is 0. The SMILES string of the molecule is CCCCCCCCCCCCCCCCCCOC(CCOP(=O)(O)OCCN1CCCC1)OC(=O)CC(C)=O. The molecule has 1 fully saturated rings. The summed E-state index contributed by atoms with van der Waals surface area (Å²) >= 11 is 0. The van der Waals surface area contributed by atoms with Crippen LogP contribution in [0.4, 0.5) is 0 Å². The third-order valence-electron chi connectivity index (χ3n) is 7.43. The van der Waals surface area contributed by atoms with Gasteiger partial charge in [-0.15, -0.1) is 0 Å². The van der Waals surface area contributed by atoms with E-state index in [2.05, 4.69) is 11.8 Å². The maximum absolute atomic E-state index is 12.2. The molecule has 1 N–H and O–H groups in total. The minimum absolute atomic E-state index is 0.0720. The molecule has 0 radical (unpaired) electrons. The van der Waals surface area contributed by atoms with Crippen LogP contribution in [0.25, 0.3) is 0 Å². The van der Waals surface area contributed by atoms with Crippen LogP contribution in [0.5, 0.6) is 0 Å². The number of hydrogen-bond acceptors (Lipinski definition) is 8. The van der Waals surface area contributed by atoms with Crippen LogP contribution in [0.1, 0.15) is 142 Å². The van der Waals surface area contributed by atoms with Gasteiger partial charge < -0.3 is 19.3 Å². The van der Waals surface area contributed by atoms with E-state index in [1.807, 2.05) is 0 Å². The van der Waals surface area contributed by atoms with Crippen molar-refractivity contribution in [1.82, 2.24) is 4.90 Å². The quantitative estimate of drug-likeness (QED) is 0.0301. The zero-order valence-corrected chi connectivity index (χ0v) is 27.1. The number of unbranched alkanes of at least 4 members (excludes halogenated alkanes) is 15. The van der Waals surface area contributed by atoms with Gasteiger partial charge in [-0.2, -0.15) is 0 Å². The standard InChI is InChI=1S/C31H60NO8P/c1-3-4-5-6-7-8-9-10-11-12-13-14-15-16-17-20-25-37-31(40-30(34)28-29(2)33)21-26-38-41(35,36)39-27-24-32-22-18-19-23-32/h31H,3-28H2,1-2H3,(H,35,36). The van der Waals surface area contributed by atoms with Crippen LogP contribution in [0, 0.1) is 0 Å². The fourth-order valence-corrected chi connectivity index (χ4v) is 5.75. The molecule has 1 rings (SSSR count). The summed E-state index contributed by atoms with van der Waals surface area (Å²) in [6, 6.07) is 0. The monoisotopic (exact) mass is 605 g/mol. The van der Waals surface area contributed by atoms with Crippen molar-refractivity contribution < 1.29 is 37.6 Å². The van der Waals surface area contributed by atoms with Gasteiger partial charge in [0.05, 0.1) is 19.8 Å². The van der Waals surface area contributed by atoms with Crippen molar-refractivity contribution >= 4 is 19.6 Å². The Bertz CT molecular complexity index is 702. The van der Waals surface area contributed by atoms with E-state index in [0.29, 0.717) is 13.2 Å². The molecule has 2 unspecified atom stereocenters. The van der Waals surface area contributed by atoms with Crippen LogP contribution >= 0.6 is 7.82 Å². The van der Waals surface area contributed by atoms with Gasteiger partial charge in [-0.25, -0.2) is 4.57 Å². The van der Waals surface area contributed by atoms with Gasteiger partial charge in [-0.1, -0.05) is 103 Å². The lowest BCUT2D eigenvalue weighted by Gasteiger charge is -2.20. The molecule has 10 heteroatoms. The van der Waals surface area contributed by atoms with E-state index >= 15 is 0 Å². The fraction of sp³-hybridized carbons (Fsp3) is 0.935. The maximum Gasteiger partial charge on any atom is 0.472 e. The molecule has 0 aromatic rings. The second-order valence-corrected chi connectivity index (χ2v) is 12.9. The van der Waals surface area contributed by atoms with Crippen LogP contribution in [-0.4, -0.2) is 67.3 Å². The largest absolute Gasteiger partial charge is 0.472 e. The highest BCUT2D eigenvalue weighted by Crippen LogP contribution is 2.43. The average Bonchev–Trinajstić information content (AvgIpc) is 3.43. The van der Waals surface area contributed by atoms with E-state index < -0.39 is 20.1 Å². The van der Waals surface area contributed by atoms with Crippen LogP contribution in [0.3, 0.4) is 0 Å². The molecule has 9 nitrogen and oxygen atoms in total. The third kappa shape index (κ3) is 24.3. The topological polar surface area (TPSA) is 112 Å². The minimum atomic E-state index is -4.20. The Balaban J connectivity index is 2.11. The highest BCUT2D eigenvalue weighted by Gasteiger charge is 2.24. The van der Waals surface area contributed by atoms with Gasteiger partial charge >= 0.3 is 13.8 Å². The van der Waals surface area contributed by atoms with Gasteiger partial charge in [0.2, 0.25) is 6.29 Å². The van der Waals surface area contributed by atoms with Gasteiger partial charge in [0.25, 0.3) is 0 Å². The minimum Gasteiger partial charge on any atom is -0.435 e. The molecule has 1 saturated heterocycles. The van der Waals surface area contributed by atoms with Crippen LogP contribution < -0.4 is 0 Å². The summed E-state index contributed by atoms with van der Waals surface area (Å²) in [6.07, 6.45) is 21.6. The number of carbonyl (C=O) groups is 2. The number of carbonyl (C=O) groups excluding carboxylic acids is 2. The zero-order valence-electron chi connectivity index (χ0n) is 26.2. The fourth-order valence-electron chi connectivity index (χ4n) is 5.03. The first-order chi connectivity index (χ1) is 19.8. The molecule has 1 heterocycles. The molecule has 0 bridgehead atoms. The predicted molar refractivity (Wildman–Crippen MR) is 163 cm³/mol. The Morgan fingerprint density at radius 1 is 0.756 bits per heavy atom. The maximum atomic E-state index is 12.2.